The quantitative estimate of drug-likeness (QED) is 0.170. The molecule has 0 aliphatic rings. The van der Waals surface area contributed by atoms with E-state index in [-0.39, 0.29) is 5.75 Å². The second-order valence-corrected chi connectivity index (χ2v) is 15.2. The van der Waals surface area contributed by atoms with Crippen molar-refractivity contribution in [2.75, 3.05) is 0 Å². The van der Waals surface area contributed by atoms with Crippen LogP contribution in [-0.2, 0) is 0 Å². The van der Waals surface area contributed by atoms with Crippen LogP contribution in [0.4, 0.5) is 0 Å². The number of phenols is 1. The predicted octanol–water partition coefficient (Wildman–Crippen LogP) is 13.9. The Bertz CT molecular complexity index is 2860. The number of rotatable bonds is 8. The summed E-state index contributed by atoms with van der Waals surface area (Å²) in [6, 6.07) is 57.3. The number of nitrogens with zero attached hydrogens (tertiary/aromatic N) is 3. The first kappa shape index (κ1) is 35.0. The third kappa shape index (κ3) is 6.43. The second-order valence-electron chi connectivity index (χ2n) is 15.2. The second kappa shape index (κ2) is 14.5. The monoisotopic (exact) mass is 725 g/mol. The summed E-state index contributed by atoms with van der Waals surface area (Å²) in [5.74, 6) is 0.984. The van der Waals surface area contributed by atoms with Crippen LogP contribution in [0.2, 0.25) is 0 Å². The van der Waals surface area contributed by atoms with E-state index in [2.05, 4.69) is 172 Å². The van der Waals surface area contributed by atoms with E-state index in [9.17, 15) is 5.11 Å². The predicted molar refractivity (Wildman–Crippen MR) is 233 cm³/mol. The zero-order valence-corrected chi connectivity index (χ0v) is 32.1. The number of benzene rings is 6. The molecule has 4 heteroatoms. The summed E-state index contributed by atoms with van der Waals surface area (Å²) in [6.45, 7) is 8.97. The Labute approximate surface area is 328 Å². The molecule has 0 saturated carbocycles. The van der Waals surface area contributed by atoms with Gasteiger partial charge in [-0.25, -0.2) is 4.98 Å². The number of hydrogen-bond acceptors (Lipinski definition) is 3. The van der Waals surface area contributed by atoms with Gasteiger partial charge in [-0.05, 0) is 100 Å². The van der Waals surface area contributed by atoms with Crippen LogP contribution < -0.4 is 0 Å². The van der Waals surface area contributed by atoms with Crippen molar-refractivity contribution in [1.29, 1.82) is 0 Å². The van der Waals surface area contributed by atoms with Crippen molar-refractivity contribution in [3.05, 3.63) is 181 Å². The van der Waals surface area contributed by atoms with Crippen LogP contribution in [0.25, 0.3) is 83.5 Å². The van der Waals surface area contributed by atoms with E-state index in [1.54, 1.807) is 6.07 Å². The molecule has 0 unspecified atom stereocenters. The molecule has 0 bridgehead atoms. The molecule has 6 aromatic carbocycles. The maximum Gasteiger partial charge on any atom is 0.124 e. The summed E-state index contributed by atoms with van der Waals surface area (Å²) in [5.41, 5.74) is 15.7. The van der Waals surface area contributed by atoms with Gasteiger partial charge in [0.1, 0.15) is 5.75 Å². The van der Waals surface area contributed by atoms with Crippen molar-refractivity contribution < 1.29 is 5.11 Å². The lowest BCUT2D eigenvalue weighted by molar-refractivity contribution is 0.477. The standard InChI is InChI=1S/C52H43N3O/c1-33(2)38-27-39(34(3)4)29-40(28-38)41-31-48(54-49(32-41)46-19-9-11-23-51(46)56)37-15-12-14-36(26-37)47-30-35(24-25-53-47)43-20-13-21-45-44-18-8-10-22-50(44)55(52(43)45)42-16-6-5-7-17-42/h5-34,56H,1-4H3. The number of aromatic hydroxyl groups is 1. The van der Waals surface area contributed by atoms with Crippen molar-refractivity contribution >= 4 is 21.8 Å². The molecule has 0 spiro atoms. The zero-order valence-electron chi connectivity index (χ0n) is 32.1. The minimum Gasteiger partial charge on any atom is -0.507 e. The smallest absolute Gasteiger partial charge is 0.124 e. The van der Waals surface area contributed by atoms with Gasteiger partial charge in [0.15, 0.2) is 0 Å². The van der Waals surface area contributed by atoms with Gasteiger partial charge in [0.25, 0.3) is 0 Å². The van der Waals surface area contributed by atoms with Crippen LogP contribution in [0.1, 0.15) is 50.7 Å². The van der Waals surface area contributed by atoms with Crippen LogP contribution in [0.3, 0.4) is 0 Å². The molecule has 0 saturated heterocycles. The molecule has 272 valence electrons. The molecule has 9 aromatic rings. The largest absolute Gasteiger partial charge is 0.507 e. The molecule has 0 amide bonds. The van der Waals surface area contributed by atoms with E-state index in [0.717, 1.165) is 56.1 Å². The maximum absolute atomic E-state index is 11.0. The lowest BCUT2D eigenvalue weighted by Crippen LogP contribution is -1.97. The summed E-state index contributed by atoms with van der Waals surface area (Å²) >= 11 is 0. The van der Waals surface area contributed by atoms with Gasteiger partial charge in [-0.3, -0.25) is 4.98 Å². The Hall–Kier alpha value is -6.78. The van der Waals surface area contributed by atoms with Gasteiger partial charge in [-0.15, -0.1) is 0 Å². The number of aromatic nitrogens is 3. The molecule has 1 N–H and O–H groups in total. The first-order chi connectivity index (χ1) is 27.3. The molecule has 0 aliphatic heterocycles. The molecule has 0 atom stereocenters. The molecule has 56 heavy (non-hydrogen) atoms. The van der Waals surface area contributed by atoms with Crippen LogP contribution in [-0.4, -0.2) is 19.6 Å². The van der Waals surface area contributed by atoms with Gasteiger partial charge in [0.2, 0.25) is 0 Å². The van der Waals surface area contributed by atoms with Gasteiger partial charge in [-0.2, -0.15) is 0 Å². The molecule has 9 rings (SSSR count). The van der Waals surface area contributed by atoms with E-state index >= 15 is 0 Å². The normalized spacial score (nSPS) is 11.6. The summed E-state index contributed by atoms with van der Waals surface area (Å²) in [5, 5.41) is 13.4. The first-order valence-corrected chi connectivity index (χ1v) is 19.4. The topological polar surface area (TPSA) is 50.9 Å². The maximum atomic E-state index is 11.0. The van der Waals surface area contributed by atoms with Gasteiger partial charge in [0, 0.05) is 44.9 Å². The molecular weight excluding hydrogens is 683 g/mol. The highest BCUT2D eigenvalue weighted by molar-refractivity contribution is 6.13. The van der Waals surface area contributed by atoms with Crippen molar-refractivity contribution in [2.45, 2.75) is 39.5 Å². The Morgan fingerprint density at radius 1 is 0.464 bits per heavy atom. The number of para-hydroxylation sites is 4. The molecule has 3 heterocycles. The molecular formula is C52H43N3O. The fourth-order valence-electron chi connectivity index (χ4n) is 7.87. The van der Waals surface area contributed by atoms with Gasteiger partial charge in [0.05, 0.1) is 28.1 Å². The lowest BCUT2D eigenvalue weighted by atomic mass is 9.90. The van der Waals surface area contributed by atoms with E-state index in [1.165, 1.54) is 32.9 Å². The van der Waals surface area contributed by atoms with Crippen LogP contribution >= 0.6 is 0 Å². The lowest BCUT2D eigenvalue weighted by Gasteiger charge is -2.16. The molecule has 3 aromatic heterocycles. The Morgan fingerprint density at radius 2 is 1.07 bits per heavy atom. The van der Waals surface area contributed by atoms with E-state index in [1.807, 2.05) is 24.4 Å². The number of hydrogen-bond donors (Lipinski definition) is 1. The van der Waals surface area contributed by atoms with E-state index in [4.69, 9.17) is 9.97 Å². The van der Waals surface area contributed by atoms with E-state index in [0.29, 0.717) is 17.4 Å². The summed E-state index contributed by atoms with van der Waals surface area (Å²) in [4.78, 5) is 10.1. The number of fused-ring (bicyclic) bond motifs is 3. The van der Waals surface area contributed by atoms with Crippen LogP contribution in [0.5, 0.6) is 5.75 Å². The first-order valence-electron chi connectivity index (χ1n) is 19.4. The highest BCUT2D eigenvalue weighted by Crippen LogP contribution is 2.40. The highest BCUT2D eigenvalue weighted by Gasteiger charge is 2.18. The molecule has 0 fully saturated rings. The number of pyridine rings is 2. The third-order valence-corrected chi connectivity index (χ3v) is 10.9. The Morgan fingerprint density at radius 3 is 1.84 bits per heavy atom. The van der Waals surface area contributed by atoms with Gasteiger partial charge in [-0.1, -0.05) is 131 Å². The third-order valence-electron chi connectivity index (χ3n) is 10.9. The van der Waals surface area contributed by atoms with Crippen molar-refractivity contribution in [3.8, 4) is 67.5 Å². The molecule has 0 aliphatic carbocycles. The van der Waals surface area contributed by atoms with Gasteiger partial charge >= 0.3 is 0 Å². The average Bonchev–Trinajstić information content (AvgIpc) is 3.58. The summed E-state index contributed by atoms with van der Waals surface area (Å²) < 4.78 is 2.38. The Kier molecular flexibility index (Phi) is 9.03. The Balaban J connectivity index is 1.18. The minimum atomic E-state index is 0.206. The minimum absolute atomic E-state index is 0.206. The van der Waals surface area contributed by atoms with Gasteiger partial charge < -0.3 is 9.67 Å². The van der Waals surface area contributed by atoms with Crippen LogP contribution in [0, 0.1) is 0 Å². The van der Waals surface area contributed by atoms with Crippen molar-refractivity contribution in [3.63, 3.8) is 0 Å². The fraction of sp³-hybridized carbons (Fsp3) is 0.115. The zero-order chi connectivity index (χ0) is 38.3. The average molecular weight is 726 g/mol. The summed E-state index contributed by atoms with van der Waals surface area (Å²) in [6.07, 6.45) is 1.91. The van der Waals surface area contributed by atoms with Crippen LogP contribution in [0.15, 0.2) is 170 Å². The van der Waals surface area contributed by atoms with Crippen molar-refractivity contribution in [1.82, 2.24) is 14.5 Å². The highest BCUT2D eigenvalue weighted by atomic mass is 16.3. The SMILES string of the molecule is CC(C)c1cc(-c2cc(-c3cccc(-c4cc(-c5cccc6c7ccccc7n(-c7ccccc7)c56)ccn4)c3)nc(-c3ccccc3O)c2)cc(C(C)C)c1. The summed E-state index contributed by atoms with van der Waals surface area (Å²) in [7, 11) is 0. The molecule has 0 radical (unpaired) electrons. The van der Waals surface area contributed by atoms with E-state index < -0.39 is 0 Å². The molecule has 4 nitrogen and oxygen atoms in total. The van der Waals surface area contributed by atoms with Crippen molar-refractivity contribution in [2.24, 2.45) is 0 Å². The number of phenolic OH excluding ortho intramolecular Hbond substituents is 1. The fourth-order valence-corrected chi connectivity index (χ4v) is 7.87.